The second kappa shape index (κ2) is 56.5. The maximum Gasteiger partial charge on any atom is 0.303 e. The average Bonchev–Trinajstić information content (AvgIpc) is 3.25. The van der Waals surface area contributed by atoms with E-state index in [9.17, 15) is 4.79 Å². The third kappa shape index (κ3) is 57.5. The fraction of sp³-hybridized carbons (Fsp3) is 0.983. The summed E-state index contributed by atoms with van der Waals surface area (Å²) in [5.41, 5.74) is 0. The predicted molar refractivity (Wildman–Crippen MR) is 272 cm³/mol. The van der Waals surface area contributed by atoms with Gasteiger partial charge in [0.2, 0.25) is 0 Å². The normalized spacial score (nSPS) is 11.6. The third-order valence-electron chi connectivity index (χ3n) is 14.0. The summed E-state index contributed by atoms with van der Waals surface area (Å²) in [5.74, 6) is -0.646. The Balaban J connectivity index is 3.06. The molecule has 0 saturated heterocycles. The van der Waals surface area contributed by atoms with Gasteiger partial charge in [-0.15, -0.1) is 0 Å². The van der Waals surface area contributed by atoms with E-state index in [0.29, 0.717) is 6.42 Å². The Hall–Kier alpha value is -0.530. The van der Waals surface area contributed by atoms with Crippen LogP contribution in [0.2, 0.25) is 0 Å². The fourth-order valence-corrected chi connectivity index (χ4v) is 9.72. The van der Waals surface area contributed by atoms with Crippen molar-refractivity contribution in [3.63, 3.8) is 0 Å². The smallest absolute Gasteiger partial charge is 0.303 e. The summed E-state index contributed by atoms with van der Waals surface area (Å²) in [5, 5.41) is 8.67. The van der Waals surface area contributed by atoms with Crippen molar-refractivity contribution < 1.29 is 9.90 Å². The molecular weight excluding hydrogens is 729 g/mol. The highest BCUT2D eigenvalue weighted by molar-refractivity contribution is 5.66. The zero-order valence-electron chi connectivity index (χ0n) is 42.0. The van der Waals surface area contributed by atoms with Crippen LogP contribution in [0.1, 0.15) is 366 Å². The lowest BCUT2D eigenvalue weighted by Crippen LogP contribution is -1.93. The Kier molecular flexibility index (Phi) is 56.0. The summed E-state index contributed by atoms with van der Waals surface area (Å²) >= 11 is 0. The Morgan fingerprint density at radius 1 is 0.200 bits per heavy atom. The minimum absolute atomic E-state index is 0.347. The third-order valence-corrected chi connectivity index (χ3v) is 14.0. The number of hydrogen-bond donors (Lipinski definition) is 1. The van der Waals surface area contributed by atoms with Gasteiger partial charge in [0.05, 0.1) is 0 Å². The molecule has 0 saturated carbocycles. The second-order valence-electron chi connectivity index (χ2n) is 20.2. The first-order valence-electron chi connectivity index (χ1n) is 29.0. The highest BCUT2D eigenvalue weighted by atomic mass is 16.4. The maximum absolute atomic E-state index is 10.5. The number of aliphatic carboxylic acids is 1. The van der Waals surface area contributed by atoms with Crippen LogP contribution in [-0.4, -0.2) is 11.1 Å². The zero-order valence-corrected chi connectivity index (χ0v) is 42.0. The molecule has 0 aromatic heterocycles. The Bertz CT molecular complexity index is 747. The molecule has 0 unspecified atom stereocenters. The van der Waals surface area contributed by atoms with E-state index in [1.807, 2.05) is 0 Å². The number of hydrogen-bond acceptors (Lipinski definition) is 1. The Labute approximate surface area is 380 Å². The van der Waals surface area contributed by atoms with Gasteiger partial charge < -0.3 is 5.11 Å². The van der Waals surface area contributed by atoms with Crippen LogP contribution in [-0.2, 0) is 4.79 Å². The van der Waals surface area contributed by atoms with Crippen LogP contribution >= 0.6 is 0 Å². The van der Waals surface area contributed by atoms with Gasteiger partial charge in [0.25, 0.3) is 0 Å². The Morgan fingerprint density at radius 3 is 0.400 bits per heavy atom. The maximum atomic E-state index is 10.5. The molecule has 1 N–H and O–H groups in total. The minimum Gasteiger partial charge on any atom is -0.481 e. The number of carbonyl (C=O) groups is 1. The largest absolute Gasteiger partial charge is 0.481 e. The lowest BCUT2D eigenvalue weighted by atomic mass is 10.0. The van der Waals surface area contributed by atoms with Gasteiger partial charge in [-0.2, -0.15) is 0 Å². The van der Waals surface area contributed by atoms with Crippen molar-refractivity contribution in [1.82, 2.24) is 0 Å². The molecule has 0 aliphatic rings. The van der Waals surface area contributed by atoms with E-state index in [4.69, 9.17) is 5.11 Å². The summed E-state index contributed by atoms with van der Waals surface area (Å²) in [7, 11) is 0. The van der Waals surface area contributed by atoms with Gasteiger partial charge in [0.1, 0.15) is 0 Å². The molecule has 0 fully saturated rings. The van der Waals surface area contributed by atoms with Gasteiger partial charge >= 0.3 is 5.97 Å². The van der Waals surface area contributed by atoms with E-state index in [1.54, 1.807) is 0 Å². The molecule has 2 nitrogen and oxygen atoms in total. The van der Waals surface area contributed by atoms with Gasteiger partial charge in [-0.3, -0.25) is 4.79 Å². The summed E-state index contributed by atoms with van der Waals surface area (Å²) in [4.78, 5) is 10.5. The van der Waals surface area contributed by atoms with Crippen LogP contribution < -0.4 is 0 Å². The lowest BCUT2D eigenvalue weighted by Gasteiger charge is -2.05. The lowest BCUT2D eigenvalue weighted by molar-refractivity contribution is -0.137. The van der Waals surface area contributed by atoms with Gasteiger partial charge in [-0.1, -0.05) is 354 Å². The van der Waals surface area contributed by atoms with Crippen molar-refractivity contribution in [2.24, 2.45) is 0 Å². The molecule has 0 aliphatic heterocycles. The monoisotopic (exact) mass is 845 g/mol. The summed E-state index contributed by atoms with van der Waals surface area (Å²) in [6.45, 7) is 2.31. The Morgan fingerprint density at radius 2 is 0.300 bits per heavy atom. The number of carboxylic acids is 1. The van der Waals surface area contributed by atoms with Gasteiger partial charge in [-0.05, 0) is 6.42 Å². The van der Waals surface area contributed by atoms with Gasteiger partial charge in [-0.25, -0.2) is 0 Å². The van der Waals surface area contributed by atoms with E-state index in [-0.39, 0.29) is 0 Å². The molecule has 0 heterocycles. The molecule has 0 amide bonds. The molecular formula is C58H116O2. The van der Waals surface area contributed by atoms with E-state index in [1.165, 1.54) is 340 Å². The number of unbranched alkanes of at least 4 members (excludes halogenated alkanes) is 54. The van der Waals surface area contributed by atoms with Gasteiger partial charge in [0.15, 0.2) is 0 Å². The van der Waals surface area contributed by atoms with Gasteiger partial charge in [0, 0.05) is 6.42 Å². The molecule has 360 valence electrons. The van der Waals surface area contributed by atoms with E-state index < -0.39 is 5.97 Å². The molecule has 0 atom stereocenters. The fourth-order valence-electron chi connectivity index (χ4n) is 9.72. The standard InChI is InChI=1S/C58H116O2/c1-2-3-4-5-6-7-8-9-10-11-12-13-14-15-16-17-18-19-20-21-22-23-24-25-26-27-28-29-30-31-32-33-34-35-36-37-38-39-40-41-42-43-44-45-46-47-48-49-50-51-52-53-54-55-56-57-58(59)60/h2-57H2,1H3,(H,59,60). The quantitative estimate of drug-likeness (QED) is 0.0619. The van der Waals surface area contributed by atoms with Crippen LogP contribution in [0.15, 0.2) is 0 Å². The molecule has 0 radical (unpaired) electrons. The van der Waals surface area contributed by atoms with Crippen molar-refractivity contribution in [2.75, 3.05) is 0 Å². The van der Waals surface area contributed by atoms with Crippen molar-refractivity contribution in [2.45, 2.75) is 366 Å². The van der Waals surface area contributed by atoms with Crippen LogP contribution in [0.3, 0.4) is 0 Å². The van der Waals surface area contributed by atoms with E-state index in [0.717, 1.165) is 12.8 Å². The van der Waals surface area contributed by atoms with Crippen LogP contribution in [0.4, 0.5) is 0 Å². The molecule has 0 rings (SSSR count). The number of rotatable bonds is 56. The van der Waals surface area contributed by atoms with Crippen LogP contribution in [0.5, 0.6) is 0 Å². The topological polar surface area (TPSA) is 37.3 Å². The second-order valence-corrected chi connectivity index (χ2v) is 20.2. The highest BCUT2D eigenvalue weighted by Crippen LogP contribution is 2.19. The molecule has 0 aromatic rings. The molecule has 2 heteroatoms. The molecule has 0 aromatic carbocycles. The van der Waals surface area contributed by atoms with Crippen molar-refractivity contribution in [3.05, 3.63) is 0 Å². The van der Waals surface area contributed by atoms with Crippen molar-refractivity contribution in [3.8, 4) is 0 Å². The zero-order chi connectivity index (χ0) is 43.2. The minimum atomic E-state index is -0.646. The van der Waals surface area contributed by atoms with E-state index in [2.05, 4.69) is 6.92 Å². The molecule has 0 bridgehead atoms. The van der Waals surface area contributed by atoms with Crippen molar-refractivity contribution in [1.29, 1.82) is 0 Å². The first kappa shape index (κ1) is 59.5. The SMILES string of the molecule is CCCCCCCCCCCCCCCCCCCCCCCCCCCCCCCCCCCCCCCCCCCCCCCCCCCCCCCCCC(=O)O. The highest BCUT2D eigenvalue weighted by Gasteiger charge is 2.00. The first-order chi connectivity index (χ1) is 29.8. The molecule has 60 heavy (non-hydrogen) atoms. The predicted octanol–water partition coefficient (Wildman–Crippen LogP) is 21.9. The number of carboxylic acid groups (broad SMARTS) is 1. The average molecular weight is 846 g/mol. The van der Waals surface area contributed by atoms with Crippen molar-refractivity contribution >= 4 is 5.97 Å². The summed E-state index contributed by atoms with van der Waals surface area (Å²) < 4.78 is 0. The van der Waals surface area contributed by atoms with Crippen LogP contribution in [0, 0.1) is 0 Å². The van der Waals surface area contributed by atoms with E-state index >= 15 is 0 Å². The summed E-state index contributed by atoms with van der Waals surface area (Å²) in [6, 6.07) is 0. The van der Waals surface area contributed by atoms with Crippen LogP contribution in [0.25, 0.3) is 0 Å². The molecule has 0 spiro atoms. The summed E-state index contributed by atoms with van der Waals surface area (Å²) in [6.07, 6.45) is 79.8. The first-order valence-corrected chi connectivity index (χ1v) is 29.0. The molecule has 0 aliphatic carbocycles.